The number of hydrogen-bond donors (Lipinski definition) is 2. The van der Waals surface area contributed by atoms with Gasteiger partial charge in [-0.05, 0) is 69.1 Å². The normalized spacial score (nSPS) is 23.4. The van der Waals surface area contributed by atoms with Crippen molar-refractivity contribution in [1.29, 1.82) is 0 Å². The number of methoxy groups -OCH3 is 2. The lowest BCUT2D eigenvalue weighted by molar-refractivity contribution is -0.140. The lowest BCUT2D eigenvalue weighted by Crippen LogP contribution is -2.52. The van der Waals surface area contributed by atoms with Gasteiger partial charge in [-0.25, -0.2) is 14.2 Å². The van der Waals surface area contributed by atoms with E-state index in [4.69, 9.17) is 9.47 Å². The molecule has 208 valence electrons. The second kappa shape index (κ2) is 10.2. The summed E-state index contributed by atoms with van der Waals surface area (Å²) in [5.41, 5.74) is -0.850. The number of carbonyl (C=O) groups is 1. The fourth-order valence-corrected chi connectivity index (χ4v) is 6.20. The van der Waals surface area contributed by atoms with Gasteiger partial charge in [-0.2, -0.15) is 13.2 Å². The standard InChI is InChI=1S/C28H30F4N4O3/c1-36-12-11-27(16-7-8-21(38-2)22(13-16)39-3)10-9-17(14-24(27)36)33-26(37)34-20-15-23(28(30,31)32)35-25-18(20)5-4-6-19(25)29/h4-8,13,15,17,24H,9-12,14H2,1-3H3,(H2,33,34,35,37)/t17-,24+,27+/m1/s1. The number of urea groups is 1. The molecule has 7 nitrogen and oxygen atoms in total. The number of nitrogens with zero attached hydrogens (tertiary/aromatic N) is 2. The first kappa shape index (κ1) is 27.0. The van der Waals surface area contributed by atoms with Crippen LogP contribution in [0.2, 0.25) is 0 Å². The molecule has 2 N–H and O–H groups in total. The smallest absolute Gasteiger partial charge is 0.433 e. The van der Waals surface area contributed by atoms with Crippen LogP contribution in [0.3, 0.4) is 0 Å². The molecule has 1 aromatic heterocycles. The minimum absolute atomic E-state index is 0.0878. The van der Waals surface area contributed by atoms with Crippen LogP contribution in [-0.2, 0) is 11.6 Å². The lowest BCUT2D eigenvalue weighted by Gasteiger charge is -2.45. The molecule has 0 bridgehead atoms. The van der Waals surface area contributed by atoms with E-state index in [0.717, 1.165) is 37.1 Å². The largest absolute Gasteiger partial charge is 0.493 e. The number of rotatable bonds is 5. The summed E-state index contributed by atoms with van der Waals surface area (Å²) in [6.45, 7) is 0.896. The molecule has 39 heavy (non-hydrogen) atoms. The number of fused-ring (bicyclic) bond motifs is 2. The first-order chi connectivity index (χ1) is 18.6. The summed E-state index contributed by atoms with van der Waals surface area (Å²) in [5.74, 6) is 0.423. The predicted molar refractivity (Wildman–Crippen MR) is 139 cm³/mol. The number of aromatic nitrogens is 1. The summed E-state index contributed by atoms with van der Waals surface area (Å²) in [6, 6.07) is 9.85. The molecular weight excluding hydrogens is 516 g/mol. The highest BCUT2D eigenvalue weighted by atomic mass is 19.4. The van der Waals surface area contributed by atoms with Crippen LogP contribution in [0.4, 0.5) is 28.0 Å². The molecule has 1 saturated heterocycles. The average molecular weight is 547 g/mol. The van der Waals surface area contributed by atoms with Crippen molar-refractivity contribution >= 4 is 22.6 Å². The Morgan fingerprint density at radius 1 is 1.10 bits per heavy atom. The van der Waals surface area contributed by atoms with Gasteiger partial charge < -0.3 is 25.0 Å². The van der Waals surface area contributed by atoms with Gasteiger partial charge in [0, 0.05) is 22.9 Å². The van der Waals surface area contributed by atoms with E-state index in [-0.39, 0.29) is 28.6 Å². The van der Waals surface area contributed by atoms with Crippen molar-refractivity contribution in [1.82, 2.24) is 15.2 Å². The third kappa shape index (κ3) is 4.95. The van der Waals surface area contributed by atoms with Crippen molar-refractivity contribution in [3.63, 3.8) is 0 Å². The number of para-hydroxylation sites is 1. The minimum Gasteiger partial charge on any atom is -0.493 e. The second-order valence-electron chi connectivity index (χ2n) is 10.2. The van der Waals surface area contributed by atoms with E-state index in [1.807, 2.05) is 12.1 Å². The number of halogens is 4. The second-order valence-corrected chi connectivity index (χ2v) is 10.2. The Kier molecular flexibility index (Phi) is 7.04. The van der Waals surface area contributed by atoms with E-state index in [1.54, 1.807) is 14.2 Å². The quantitative estimate of drug-likeness (QED) is 0.400. The molecule has 11 heteroatoms. The number of hydrogen-bond acceptors (Lipinski definition) is 5. The van der Waals surface area contributed by atoms with Crippen LogP contribution >= 0.6 is 0 Å². The zero-order chi connectivity index (χ0) is 27.9. The molecular formula is C28H30F4N4O3. The van der Waals surface area contributed by atoms with E-state index in [9.17, 15) is 22.4 Å². The summed E-state index contributed by atoms with van der Waals surface area (Å²) in [4.78, 5) is 18.7. The molecule has 2 heterocycles. The molecule has 1 aliphatic heterocycles. The number of amides is 2. The highest BCUT2D eigenvalue weighted by Crippen LogP contribution is 2.50. The number of benzene rings is 2. The van der Waals surface area contributed by atoms with Crippen LogP contribution in [-0.4, -0.2) is 55.8 Å². The Balaban J connectivity index is 1.35. The number of pyridine rings is 1. The van der Waals surface area contributed by atoms with Gasteiger partial charge in [-0.1, -0.05) is 18.2 Å². The third-order valence-corrected chi connectivity index (χ3v) is 8.15. The number of ether oxygens (including phenoxy) is 2. The number of likely N-dealkylation sites (N-methyl/N-ethyl adjacent to an activating group) is 1. The zero-order valence-electron chi connectivity index (χ0n) is 21.9. The maximum absolute atomic E-state index is 14.3. The van der Waals surface area contributed by atoms with Crippen LogP contribution < -0.4 is 20.1 Å². The van der Waals surface area contributed by atoms with Crippen LogP contribution in [0.15, 0.2) is 42.5 Å². The van der Waals surface area contributed by atoms with Crippen LogP contribution in [0.5, 0.6) is 11.5 Å². The number of nitrogens with one attached hydrogen (secondary N) is 2. The van der Waals surface area contributed by atoms with E-state index in [0.29, 0.717) is 24.3 Å². The van der Waals surface area contributed by atoms with Crippen molar-refractivity contribution in [3.8, 4) is 11.5 Å². The number of carbonyl (C=O) groups excluding carboxylic acids is 1. The zero-order valence-corrected chi connectivity index (χ0v) is 21.9. The van der Waals surface area contributed by atoms with Crippen LogP contribution in [0, 0.1) is 5.82 Å². The highest BCUT2D eigenvalue weighted by Gasteiger charge is 2.50. The Labute approximate surface area is 223 Å². The van der Waals surface area contributed by atoms with E-state index < -0.39 is 29.2 Å². The van der Waals surface area contributed by atoms with Crippen LogP contribution in [0.1, 0.15) is 36.9 Å². The van der Waals surface area contributed by atoms with Gasteiger partial charge in [-0.3, -0.25) is 0 Å². The van der Waals surface area contributed by atoms with Crippen molar-refractivity contribution < 1.29 is 31.8 Å². The monoisotopic (exact) mass is 546 g/mol. The molecule has 2 fully saturated rings. The summed E-state index contributed by atoms with van der Waals surface area (Å²) in [5, 5.41) is 5.53. The van der Waals surface area contributed by atoms with Crippen molar-refractivity contribution in [2.24, 2.45) is 0 Å². The summed E-state index contributed by atoms with van der Waals surface area (Å²) < 4.78 is 65.5. The number of anilines is 1. The van der Waals surface area contributed by atoms with Gasteiger partial charge in [0.1, 0.15) is 17.0 Å². The predicted octanol–water partition coefficient (Wildman–Crippen LogP) is 5.73. The van der Waals surface area contributed by atoms with E-state index >= 15 is 0 Å². The molecule has 0 radical (unpaired) electrons. The molecule has 3 aromatic rings. The third-order valence-electron chi connectivity index (χ3n) is 8.15. The maximum atomic E-state index is 14.3. The van der Waals surface area contributed by atoms with Gasteiger partial charge in [0.15, 0.2) is 11.5 Å². The summed E-state index contributed by atoms with van der Waals surface area (Å²) in [6.07, 6.45) is -1.68. The van der Waals surface area contributed by atoms with Crippen LogP contribution in [0.25, 0.3) is 10.9 Å². The van der Waals surface area contributed by atoms with Crippen molar-refractivity contribution in [2.75, 3.05) is 33.1 Å². The maximum Gasteiger partial charge on any atom is 0.433 e. The molecule has 2 aromatic carbocycles. The molecule has 2 aliphatic rings. The van der Waals surface area contributed by atoms with E-state index in [2.05, 4.69) is 33.6 Å². The van der Waals surface area contributed by atoms with Gasteiger partial charge >= 0.3 is 12.2 Å². The van der Waals surface area contributed by atoms with Crippen molar-refractivity contribution in [2.45, 2.75) is 49.4 Å². The molecule has 0 unspecified atom stereocenters. The van der Waals surface area contributed by atoms with Crippen molar-refractivity contribution in [3.05, 3.63) is 59.5 Å². The molecule has 3 atom stereocenters. The Morgan fingerprint density at radius 3 is 2.59 bits per heavy atom. The number of likely N-dealkylation sites (tertiary alicyclic amines) is 1. The topological polar surface area (TPSA) is 75.7 Å². The lowest BCUT2D eigenvalue weighted by atomic mass is 9.65. The first-order valence-electron chi connectivity index (χ1n) is 12.7. The van der Waals surface area contributed by atoms with Gasteiger partial charge in [-0.15, -0.1) is 0 Å². The first-order valence-corrected chi connectivity index (χ1v) is 12.7. The molecule has 1 saturated carbocycles. The Hall–Kier alpha value is -3.60. The molecule has 0 spiro atoms. The summed E-state index contributed by atoms with van der Waals surface area (Å²) in [7, 11) is 5.26. The Morgan fingerprint density at radius 2 is 1.87 bits per heavy atom. The highest BCUT2D eigenvalue weighted by molar-refractivity contribution is 6.00. The van der Waals surface area contributed by atoms with E-state index in [1.165, 1.54) is 12.1 Å². The molecule has 5 rings (SSSR count). The fraction of sp³-hybridized carbons (Fsp3) is 0.429. The molecule has 1 aliphatic carbocycles. The minimum atomic E-state index is -4.80. The fourth-order valence-electron chi connectivity index (χ4n) is 6.20. The van der Waals surface area contributed by atoms with Gasteiger partial charge in [0.25, 0.3) is 0 Å². The Bertz CT molecular complexity index is 1400. The SMILES string of the molecule is COc1ccc([C@@]23CC[C@@H](NC(=O)Nc4cc(C(F)(F)F)nc5c(F)cccc45)C[C@@H]2N(C)CC3)cc1OC. The van der Waals surface area contributed by atoms with Gasteiger partial charge in [0.2, 0.25) is 0 Å². The van der Waals surface area contributed by atoms with Gasteiger partial charge in [0.05, 0.1) is 19.9 Å². The molecule has 2 amide bonds. The average Bonchev–Trinajstić information content (AvgIpc) is 3.24. The summed E-state index contributed by atoms with van der Waals surface area (Å²) >= 11 is 0. The number of alkyl halides is 3.